The molecule has 1 aliphatic heterocycles. The van der Waals surface area contributed by atoms with Gasteiger partial charge in [0, 0.05) is 18.4 Å². The van der Waals surface area contributed by atoms with E-state index in [2.05, 4.69) is 34.7 Å². The Bertz CT molecular complexity index is 258. The highest BCUT2D eigenvalue weighted by Gasteiger charge is 2.28. The minimum absolute atomic E-state index is 0.0119. The van der Waals surface area contributed by atoms with Crippen molar-refractivity contribution in [1.82, 2.24) is 4.90 Å². The van der Waals surface area contributed by atoms with Crippen LogP contribution in [0.1, 0.15) is 33.6 Å². The molecule has 0 radical (unpaired) electrons. The zero-order valence-corrected chi connectivity index (χ0v) is 13.4. The number of hydrogen-bond acceptors (Lipinski definition) is 3. The molecule has 0 aromatic carbocycles. The van der Waals surface area contributed by atoms with Crippen molar-refractivity contribution in [3.63, 3.8) is 0 Å². The molecule has 1 fully saturated rings. The van der Waals surface area contributed by atoms with Gasteiger partial charge in [0.05, 0.1) is 12.5 Å². The fourth-order valence-electron chi connectivity index (χ4n) is 2.44. The van der Waals surface area contributed by atoms with Crippen molar-refractivity contribution < 1.29 is 9.53 Å². The molecule has 106 valence electrons. The number of nitrogens with zero attached hydrogens (tertiary/aromatic N) is 1. The van der Waals surface area contributed by atoms with E-state index in [0.29, 0.717) is 18.4 Å². The molecule has 3 nitrogen and oxygen atoms in total. The van der Waals surface area contributed by atoms with E-state index < -0.39 is 0 Å². The second-order valence-electron chi connectivity index (χ2n) is 5.51. The Morgan fingerprint density at radius 3 is 2.78 bits per heavy atom. The molecule has 0 bridgehead atoms. The lowest BCUT2D eigenvalue weighted by Crippen LogP contribution is -2.42. The number of hydrogen-bond donors (Lipinski definition) is 0. The third kappa shape index (κ3) is 4.88. The van der Waals surface area contributed by atoms with Crippen LogP contribution < -0.4 is 0 Å². The smallest absolute Gasteiger partial charge is 0.310 e. The van der Waals surface area contributed by atoms with Crippen LogP contribution in [0.15, 0.2) is 0 Å². The maximum absolute atomic E-state index is 11.8. The molecule has 0 aromatic heterocycles. The zero-order chi connectivity index (χ0) is 13.5. The first kappa shape index (κ1) is 16.0. The normalized spacial score (nSPS) is 23.1. The van der Waals surface area contributed by atoms with Crippen LogP contribution in [0.3, 0.4) is 0 Å². The Hall–Kier alpha value is -0.0900. The van der Waals surface area contributed by atoms with Crippen LogP contribution >= 0.6 is 15.9 Å². The molecule has 4 heteroatoms. The third-order valence-electron chi connectivity index (χ3n) is 3.76. The van der Waals surface area contributed by atoms with Gasteiger partial charge in [-0.1, -0.05) is 29.8 Å². The van der Waals surface area contributed by atoms with Gasteiger partial charge in [0.1, 0.15) is 0 Å². The average molecular weight is 320 g/mol. The second-order valence-corrected chi connectivity index (χ2v) is 6.16. The van der Waals surface area contributed by atoms with Gasteiger partial charge in [-0.2, -0.15) is 0 Å². The highest BCUT2D eigenvalue weighted by atomic mass is 79.9. The number of carbonyl (C=O) groups is 1. The van der Waals surface area contributed by atoms with Crippen molar-refractivity contribution >= 4 is 21.9 Å². The Balaban J connectivity index is 2.45. The summed E-state index contributed by atoms with van der Waals surface area (Å²) in [5, 5.41) is 1.03. The summed E-state index contributed by atoms with van der Waals surface area (Å²) in [4.78, 5) is 14.2. The Morgan fingerprint density at radius 2 is 2.22 bits per heavy atom. The van der Waals surface area contributed by atoms with Crippen LogP contribution in [0.5, 0.6) is 0 Å². The van der Waals surface area contributed by atoms with Gasteiger partial charge < -0.3 is 9.64 Å². The van der Waals surface area contributed by atoms with Crippen LogP contribution in [-0.2, 0) is 9.53 Å². The molecule has 0 N–H and O–H groups in total. The van der Waals surface area contributed by atoms with Crippen molar-refractivity contribution in [1.29, 1.82) is 0 Å². The van der Waals surface area contributed by atoms with Gasteiger partial charge in [0.25, 0.3) is 0 Å². The van der Waals surface area contributed by atoms with E-state index in [-0.39, 0.29) is 11.9 Å². The monoisotopic (exact) mass is 319 g/mol. The largest absolute Gasteiger partial charge is 0.466 e. The van der Waals surface area contributed by atoms with Crippen LogP contribution in [0, 0.1) is 17.8 Å². The van der Waals surface area contributed by atoms with Crippen molar-refractivity contribution in [2.24, 2.45) is 17.8 Å². The molecule has 1 saturated heterocycles. The van der Waals surface area contributed by atoms with E-state index in [4.69, 9.17) is 4.74 Å². The number of halogens is 1. The van der Waals surface area contributed by atoms with Crippen molar-refractivity contribution in [2.45, 2.75) is 33.6 Å². The Labute approximate surface area is 119 Å². The van der Waals surface area contributed by atoms with Crippen LogP contribution in [0.4, 0.5) is 0 Å². The van der Waals surface area contributed by atoms with E-state index in [1.807, 2.05) is 6.92 Å². The minimum atomic E-state index is -0.0119. The predicted octanol–water partition coefficient (Wildman–Crippen LogP) is 2.93. The summed E-state index contributed by atoms with van der Waals surface area (Å²) >= 11 is 3.59. The van der Waals surface area contributed by atoms with E-state index in [1.165, 1.54) is 0 Å². The number of alkyl halides is 1. The summed E-state index contributed by atoms with van der Waals surface area (Å²) in [7, 11) is 0. The maximum Gasteiger partial charge on any atom is 0.310 e. The lowest BCUT2D eigenvalue weighted by atomic mass is 9.93. The summed E-state index contributed by atoms with van der Waals surface area (Å²) in [6.45, 7) is 9.96. The number of esters is 1. The summed E-state index contributed by atoms with van der Waals surface area (Å²) in [6, 6.07) is 0. The number of piperidine rings is 1. The fraction of sp³-hybridized carbons (Fsp3) is 0.929. The van der Waals surface area contributed by atoms with Gasteiger partial charge in [-0.05, 0) is 38.1 Å². The van der Waals surface area contributed by atoms with Gasteiger partial charge in [-0.3, -0.25) is 4.79 Å². The highest BCUT2D eigenvalue weighted by molar-refractivity contribution is 9.09. The van der Waals surface area contributed by atoms with Gasteiger partial charge >= 0.3 is 5.97 Å². The van der Waals surface area contributed by atoms with Crippen molar-refractivity contribution in [3.8, 4) is 0 Å². The van der Waals surface area contributed by atoms with Crippen LogP contribution in [0.2, 0.25) is 0 Å². The van der Waals surface area contributed by atoms with Crippen molar-refractivity contribution in [3.05, 3.63) is 0 Å². The van der Waals surface area contributed by atoms with Crippen molar-refractivity contribution in [2.75, 3.05) is 31.6 Å². The third-order valence-corrected chi connectivity index (χ3v) is 4.59. The van der Waals surface area contributed by atoms with Gasteiger partial charge in [0.15, 0.2) is 0 Å². The number of likely N-dealkylation sites (tertiary alicyclic amines) is 1. The molecular formula is C14H26BrNO2. The summed E-state index contributed by atoms with van der Waals surface area (Å²) in [5.74, 6) is 1.40. The quantitative estimate of drug-likeness (QED) is 0.557. The minimum Gasteiger partial charge on any atom is -0.466 e. The second kappa shape index (κ2) is 8.16. The summed E-state index contributed by atoms with van der Waals surface area (Å²) < 4.78 is 5.13. The van der Waals surface area contributed by atoms with E-state index in [1.54, 1.807) is 0 Å². The van der Waals surface area contributed by atoms with E-state index in [9.17, 15) is 4.79 Å². The molecule has 1 aliphatic rings. The first-order chi connectivity index (χ1) is 8.58. The SMILES string of the molecule is CCOC(=O)C1CCCN(CC(CBr)C(C)C)C1. The molecule has 18 heavy (non-hydrogen) atoms. The molecule has 0 saturated carbocycles. The van der Waals surface area contributed by atoms with Gasteiger partial charge in [-0.25, -0.2) is 0 Å². The number of carbonyl (C=O) groups excluding carboxylic acids is 1. The van der Waals surface area contributed by atoms with Gasteiger partial charge in [-0.15, -0.1) is 0 Å². The summed E-state index contributed by atoms with van der Waals surface area (Å²) in [6.07, 6.45) is 2.09. The van der Waals surface area contributed by atoms with E-state index >= 15 is 0 Å². The van der Waals surface area contributed by atoms with Gasteiger partial charge in [0.2, 0.25) is 0 Å². The highest BCUT2D eigenvalue weighted by Crippen LogP contribution is 2.22. The standard InChI is InChI=1S/C14H26BrNO2/c1-4-18-14(17)12-6-5-7-16(9-12)10-13(8-15)11(2)3/h11-13H,4-10H2,1-3H3. The number of ether oxygens (including phenoxy) is 1. The molecular weight excluding hydrogens is 294 g/mol. The number of rotatable bonds is 6. The fourth-order valence-corrected chi connectivity index (χ4v) is 3.40. The predicted molar refractivity (Wildman–Crippen MR) is 77.9 cm³/mol. The zero-order valence-electron chi connectivity index (χ0n) is 11.8. The summed E-state index contributed by atoms with van der Waals surface area (Å²) in [5.41, 5.74) is 0. The maximum atomic E-state index is 11.8. The molecule has 1 rings (SSSR count). The average Bonchev–Trinajstić information content (AvgIpc) is 2.36. The molecule has 1 heterocycles. The molecule has 2 atom stereocenters. The molecule has 0 amide bonds. The molecule has 2 unspecified atom stereocenters. The lowest BCUT2D eigenvalue weighted by molar-refractivity contribution is -0.150. The van der Waals surface area contributed by atoms with Crippen LogP contribution in [-0.4, -0.2) is 42.4 Å². The molecule has 0 spiro atoms. The Morgan fingerprint density at radius 1 is 1.50 bits per heavy atom. The molecule has 0 aliphatic carbocycles. The lowest BCUT2D eigenvalue weighted by Gasteiger charge is -2.34. The molecule has 0 aromatic rings. The first-order valence-corrected chi connectivity index (χ1v) is 8.15. The first-order valence-electron chi connectivity index (χ1n) is 7.03. The Kier molecular flexibility index (Phi) is 7.23. The van der Waals surface area contributed by atoms with E-state index in [0.717, 1.165) is 37.8 Å². The van der Waals surface area contributed by atoms with Crippen LogP contribution in [0.25, 0.3) is 0 Å². The topological polar surface area (TPSA) is 29.5 Å².